The highest BCUT2D eigenvalue weighted by atomic mass is 79.9. The summed E-state index contributed by atoms with van der Waals surface area (Å²) < 4.78 is 4.72. The van der Waals surface area contributed by atoms with Gasteiger partial charge in [-0.1, -0.05) is 33.6 Å². The Bertz CT molecular complexity index is 362. The van der Waals surface area contributed by atoms with Crippen molar-refractivity contribution in [2.75, 3.05) is 7.11 Å². The van der Waals surface area contributed by atoms with Gasteiger partial charge in [-0.25, -0.2) is 0 Å². The molecule has 0 spiro atoms. The number of alkyl halides is 1. The summed E-state index contributed by atoms with van der Waals surface area (Å²) in [5.74, 6) is -0.259. The number of halogens is 1. The number of esters is 1. The molecule has 0 radical (unpaired) electrons. The Hall–Kier alpha value is -0.830. The predicted octanol–water partition coefficient (Wildman–Crippen LogP) is 3.22. The maximum absolute atomic E-state index is 11.4. The summed E-state index contributed by atoms with van der Waals surface area (Å²) in [6, 6.07) is 4.14. The van der Waals surface area contributed by atoms with Gasteiger partial charge in [0.25, 0.3) is 0 Å². The number of aryl methyl sites for hydroxylation is 3. The molecule has 82 valence electrons. The molecule has 15 heavy (non-hydrogen) atoms. The highest BCUT2D eigenvalue weighted by molar-refractivity contribution is 9.09. The third-order valence-corrected chi connectivity index (χ3v) is 3.23. The van der Waals surface area contributed by atoms with Crippen LogP contribution in [0.3, 0.4) is 0 Å². The minimum absolute atomic E-state index is 0.259. The van der Waals surface area contributed by atoms with Gasteiger partial charge in [0.15, 0.2) is 0 Å². The Morgan fingerprint density at radius 1 is 1.27 bits per heavy atom. The van der Waals surface area contributed by atoms with Gasteiger partial charge in [-0.3, -0.25) is 4.79 Å². The van der Waals surface area contributed by atoms with Gasteiger partial charge in [0.05, 0.1) is 7.11 Å². The van der Waals surface area contributed by atoms with Crippen LogP contribution in [-0.2, 0) is 9.53 Å². The second-order valence-corrected chi connectivity index (χ2v) is 4.61. The molecule has 1 atom stereocenters. The van der Waals surface area contributed by atoms with Crippen LogP contribution in [0.1, 0.15) is 27.1 Å². The number of hydrogen-bond acceptors (Lipinski definition) is 2. The van der Waals surface area contributed by atoms with E-state index in [1.165, 1.54) is 12.7 Å². The van der Waals surface area contributed by atoms with Crippen molar-refractivity contribution < 1.29 is 9.53 Å². The van der Waals surface area contributed by atoms with E-state index >= 15 is 0 Å². The molecule has 0 bridgehead atoms. The fourth-order valence-corrected chi connectivity index (χ4v) is 2.72. The molecule has 0 heterocycles. The second-order valence-electron chi connectivity index (χ2n) is 3.70. The SMILES string of the molecule is COC(=O)C(Br)c1c(C)cc(C)cc1C. The van der Waals surface area contributed by atoms with Crippen molar-refractivity contribution in [1.82, 2.24) is 0 Å². The Balaban J connectivity index is 3.19. The quantitative estimate of drug-likeness (QED) is 0.609. The van der Waals surface area contributed by atoms with E-state index < -0.39 is 0 Å². The molecule has 0 fully saturated rings. The van der Waals surface area contributed by atoms with E-state index in [9.17, 15) is 4.79 Å². The fourth-order valence-electron chi connectivity index (χ4n) is 1.81. The second kappa shape index (κ2) is 4.79. The number of rotatable bonds is 2. The summed E-state index contributed by atoms with van der Waals surface area (Å²) in [6.07, 6.45) is 0. The normalized spacial score (nSPS) is 12.3. The molecule has 3 heteroatoms. The maximum Gasteiger partial charge on any atom is 0.324 e. The van der Waals surface area contributed by atoms with Crippen molar-refractivity contribution in [2.45, 2.75) is 25.6 Å². The van der Waals surface area contributed by atoms with Crippen molar-refractivity contribution in [1.29, 1.82) is 0 Å². The average Bonchev–Trinajstić information content (AvgIpc) is 2.14. The Morgan fingerprint density at radius 2 is 1.73 bits per heavy atom. The first-order chi connectivity index (χ1) is 6.97. The van der Waals surface area contributed by atoms with Crippen molar-refractivity contribution in [3.05, 3.63) is 34.4 Å². The summed E-state index contributed by atoms with van der Waals surface area (Å²) in [5.41, 5.74) is 4.44. The molecule has 0 saturated heterocycles. The summed E-state index contributed by atoms with van der Waals surface area (Å²) in [4.78, 5) is 11.1. The molecule has 0 N–H and O–H groups in total. The molecule has 0 saturated carbocycles. The van der Waals surface area contributed by atoms with Crippen LogP contribution in [-0.4, -0.2) is 13.1 Å². The molecule has 1 aromatic rings. The molecule has 1 rings (SSSR count). The molecular weight excluding hydrogens is 256 g/mol. The third-order valence-electron chi connectivity index (χ3n) is 2.40. The Labute approximate surface area is 98.8 Å². The van der Waals surface area contributed by atoms with E-state index in [0.29, 0.717) is 0 Å². The summed E-state index contributed by atoms with van der Waals surface area (Å²) in [6.45, 7) is 6.06. The van der Waals surface area contributed by atoms with Crippen LogP contribution >= 0.6 is 15.9 Å². The van der Waals surface area contributed by atoms with E-state index in [1.807, 2.05) is 20.8 Å². The van der Waals surface area contributed by atoms with Gasteiger partial charge in [-0.15, -0.1) is 0 Å². The molecule has 1 unspecified atom stereocenters. The minimum Gasteiger partial charge on any atom is -0.468 e. The Morgan fingerprint density at radius 3 is 2.13 bits per heavy atom. The van der Waals surface area contributed by atoms with Crippen LogP contribution < -0.4 is 0 Å². The molecular formula is C12H15BrO2. The number of methoxy groups -OCH3 is 1. The number of carbonyl (C=O) groups is 1. The first kappa shape index (κ1) is 12.2. The fraction of sp³-hybridized carbons (Fsp3) is 0.417. The lowest BCUT2D eigenvalue weighted by Crippen LogP contribution is -2.11. The van der Waals surface area contributed by atoms with Crippen molar-refractivity contribution >= 4 is 21.9 Å². The van der Waals surface area contributed by atoms with Crippen LogP contribution in [0.2, 0.25) is 0 Å². The average molecular weight is 271 g/mol. The van der Waals surface area contributed by atoms with Crippen LogP contribution in [0.5, 0.6) is 0 Å². The number of benzene rings is 1. The van der Waals surface area contributed by atoms with Gasteiger partial charge in [0.2, 0.25) is 0 Å². The Kier molecular flexibility index (Phi) is 3.91. The first-order valence-electron chi connectivity index (χ1n) is 4.77. The zero-order valence-electron chi connectivity index (χ0n) is 9.43. The van der Waals surface area contributed by atoms with E-state index in [1.54, 1.807) is 0 Å². The predicted molar refractivity (Wildman–Crippen MR) is 64.3 cm³/mol. The monoisotopic (exact) mass is 270 g/mol. The minimum atomic E-state index is -0.372. The maximum atomic E-state index is 11.4. The van der Waals surface area contributed by atoms with Crippen molar-refractivity contribution in [3.8, 4) is 0 Å². The van der Waals surface area contributed by atoms with Crippen LogP contribution in [0.4, 0.5) is 0 Å². The lowest BCUT2D eigenvalue weighted by Gasteiger charge is -2.15. The molecule has 1 aromatic carbocycles. The standard InChI is InChI=1S/C12H15BrO2/c1-7-5-8(2)10(9(3)6-7)11(13)12(14)15-4/h5-6,11H,1-4H3. The summed E-state index contributed by atoms with van der Waals surface area (Å²) >= 11 is 3.36. The zero-order valence-corrected chi connectivity index (χ0v) is 11.0. The third kappa shape index (κ3) is 2.59. The smallest absolute Gasteiger partial charge is 0.324 e. The molecule has 0 amide bonds. The van der Waals surface area contributed by atoms with Crippen LogP contribution in [0.15, 0.2) is 12.1 Å². The molecule has 0 aliphatic carbocycles. The number of ether oxygens (including phenoxy) is 1. The molecule has 0 aromatic heterocycles. The lowest BCUT2D eigenvalue weighted by molar-refractivity contribution is -0.139. The van der Waals surface area contributed by atoms with E-state index in [4.69, 9.17) is 4.74 Å². The van der Waals surface area contributed by atoms with Crippen molar-refractivity contribution in [2.24, 2.45) is 0 Å². The van der Waals surface area contributed by atoms with Gasteiger partial charge < -0.3 is 4.74 Å². The summed E-state index contributed by atoms with van der Waals surface area (Å²) in [5, 5.41) is 0. The molecule has 2 nitrogen and oxygen atoms in total. The lowest BCUT2D eigenvalue weighted by atomic mass is 9.97. The van der Waals surface area contributed by atoms with Gasteiger partial charge in [-0.05, 0) is 37.5 Å². The van der Waals surface area contributed by atoms with E-state index in [0.717, 1.165) is 16.7 Å². The van der Waals surface area contributed by atoms with E-state index in [-0.39, 0.29) is 10.8 Å². The van der Waals surface area contributed by atoms with Gasteiger partial charge >= 0.3 is 5.97 Å². The van der Waals surface area contributed by atoms with E-state index in [2.05, 4.69) is 28.1 Å². The number of hydrogen-bond donors (Lipinski definition) is 0. The molecule has 0 aliphatic rings. The van der Waals surface area contributed by atoms with Crippen molar-refractivity contribution in [3.63, 3.8) is 0 Å². The highest BCUT2D eigenvalue weighted by Gasteiger charge is 2.21. The topological polar surface area (TPSA) is 26.3 Å². The molecule has 0 aliphatic heterocycles. The highest BCUT2D eigenvalue weighted by Crippen LogP contribution is 2.30. The van der Waals surface area contributed by atoms with Gasteiger partial charge in [-0.2, -0.15) is 0 Å². The van der Waals surface area contributed by atoms with Gasteiger partial charge in [0, 0.05) is 0 Å². The number of carbonyl (C=O) groups excluding carboxylic acids is 1. The van der Waals surface area contributed by atoms with Crippen LogP contribution in [0.25, 0.3) is 0 Å². The first-order valence-corrected chi connectivity index (χ1v) is 5.68. The van der Waals surface area contributed by atoms with Crippen LogP contribution in [0, 0.1) is 20.8 Å². The largest absolute Gasteiger partial charge is 0.468 e. The summed E-state index contributed by atoms with van der Waals surface area (Å²) in [7, 11) is 1.40. The zero-order chi connectivity index (χ0) is 11.6. The van der Waals surface area contributed by atoms with Gasteiger partial charge in [0.1, 0.15) is 4.83 Å².